The van der Waals surface area contributed by atoms with Crippen LogP contribution in [0.15, 0.2) is 30.3 Å². The Hall–Kier alpha value is -0.370. The summed E-state index contributed by atoms with van der Waals surface area (Å²) < 4.78 is 40.2. The molecule has 0 aliphatic heterocycles. The lowest BCUT2D eigenvalue weighted by Crippen LogP contribution is -1.97. The summed E-state index contributed by atoms with van der Waals surface area (Å²) in [6.07, 6.45) is 0. The van der Waals surface area contributed by atoms with Gasteiger partial charge in [0.1, 0.15) is 16.3 Å². The van der Waals surface area contributed by atoms with E-state index in [9.17, 15) is 9.13 Å². The lowest BCUT2D eigenvalue weighted by Gasteiger charge is -2.14. The first kappa shape index (κ1) is 16.0. The molecule has 2 atom stereocenters. The number of fused-ring (bicyclic) bond motifs is 1. The number of rotatable bonds is 6. The van der Waals surface area contributed by atoms with Gasteiger partial charge in [-0.05, 0) is 6.07 Å². The summed E-state index contributed by atoms with van der Waals surface area (Å²) in [6, 6.07) is 8.56. The minimum Gasteiger partial charge on any atom is -0.386 e. The highest BCUT2D eigenvalue weighted by molar-refractivity contribution is 9.06. The highest BCUT2D eigenvalue weighted by Crippen LogP contribution is 2.64. The summed E-state index contributed by atoms with van der Waals surface area (Å²) in [5.74, 6) is -0.0234. The van der Waals surface area contributed by atoms with Crippen molar-refractivity contribution >= 4 is 54.7 Å². The Morgan fingerprint density at radius 2 is 2.00 bits per heavy atom. The second kappa shape index (κ2) is 6.17. The Labute approximate surface area is 126 Å². The summed E-state index contributed by atoms with van der Waals surface area (Å²) in [7, 11) is -9.23. The van der Waals surface area contributed by atoms with Crippen LogP contribution in [-0.4, -0.2) is 9.88 Å². The van der Waals surface area contributed by atoms with Gasteiger partial charge >= 0.3 is 15.6 Å². The van der Waals surface area contributed by atoms with E-state index in [-0.39, 0.29) is 5.88 Å². The first-order valence-corrected chi connectivity index (χ1v) is 8.81. The Morgan fingerprint density at radius 3 is 2.60 bits per heavy atom. The van der Waals surface area contributed by atoms with Crippen molar-refractivity contribution in [3.63, 3.8) is 0 Å². The number of hydrogen-bond donors (Lipinski definition) is 2. The number of phosphoric acid groups is 2. The second-order valence-electron chi connectivity index (χ2n) is 3.45. The van der Waals surface area contributed by atoms with Crippen LogP contribution in [0.4, 0.5) is 0 Å². The van der Waals surface area contributed by atoms with Crippen molar-refractivity contribution in [2.24, 2.45) is 0 Å². The average molecular weight is 406 g/mol. The molecule has 0 fully saturated rings. The molecule has 2 N–H and O–H groups in total. The Bertz CT molecular complexity index is 674. The summed E-state index contributed by atoms with van der Waals surface area (Å²) in [4.78, 5) is 11.8. The van der Waals surface area contributed by atoms with Crippen LogP contribution in [0.2, 0.25) is 0 Å². The van der Waals surface area contributed by atoms with Gasteiger partial charge in [0.2, 0.25) is 5.88 Å². The standard InChI is InChI=1S/C8H7BrClNO7P2/c9-16-19(12,13)18-20(14,17-10)15-8-5-6-3-1-2-4-7(6)11-8/h1-5,11H,(H,12,13). The molecule has 0 amide bonds. The van der Waals surface area contributed by atoms with E-state index in [1.807, 2.05) is 0 Å². The molecule has 1 aromatic heterocycles. The lowest BCUT2D eigenvalue weighted by atomic mass is 10.3. The fourth-order valence-electron chi connectivity index (χ4n) is 1.40. The smallest absolute Gasteiger partial charge is 0.386 e. The average Bonchev–Trinajstić information content (AvgIpc) is 2.79. The number of aromatic amines is 1. The van der Waals surface area contributed by atoms with Crippen LogP contribution in [0, 0.1) is 0 Å². The molecule has 0 aliphatic rings. The van der Waals surface area contributed by atoms with Gasteiger partial charge in [0, 0.05) is 17.0 Å². The third kappa shape index (κ3) is 3.84. The minimum absolute atomic E-state index is 0.0234. The van der Waals surface area contributed by atoms with E-state index >= 15 is 0 Å². The summed E-state index contributed by atoms with van der Waals surface area (Å²) in [5, 5.41) is 0.757. The zero-order valence-electron chi connectivity index (χ0n) is 9.43. The van der Waals surface area contributed by atoms with E-state index in [2.05, 4.69) is 33.2 Å². The molecule has 1 aromatic carbocycles. The van der Waals surface area contributed by atoms with Crippen LogP contribution in [-0.2, 0) is 21.1 Å². The van der Waals surface area contributed by atoms with Crippen molar-refractivity contribution < 1.29 is 30.5 Å². The van der Waals surface area contributed by atoms with Gasteiger partial charge in [-0.15, -0.1) is 0 Å². The van der Waals surface area contributed by atoms with E-state index in [1.54, 1.807) is 24.3 Å². The van der Waals surface area contributed by atoms with Gasteiger partial charge in [0.05, 0.1) is 11.9 Å². The van der Waals surface area contributed by atoms with Gasteiger partial charge in [-0.2, -0.15) is 8.39 Å². The van der Waals surface area contributed by atoms with Crippen LogP contribution < -0.4 is 4.52 Å². The van der Waals surface area contributed by atoms with E-state index in [0.717, 1.165) is 5.39 Å². The third-order valence-corrected chi connectivity index (χ3v) is 6.08. The topological polar surface area (TPSA) is 107 Å². The molecule has 12 heteroatoms. The number of aromatic nitrogens is 1. The summed E-state index contributed by atoms with van der Waals surface area (Å²) in [5.41, 5.74) is 0.688. The maximum absolute atomic E-state index is 12.0. The number of H-pyrrole nitrogens is 1. The molecule has 1 heterocycles. The normalized spacial score (nSPS) is 17.6. The Balaban J connectivity index is 2.25. The van der Waals surface area contributed by atoms with Crippen molar-refractivity contribution in [3.8, 4) is 5.88 Å². The summed E-state index contributed by atoms with van der Waals surface area (Å²) >= 11 is 7.24. The highest BCUT2D eigenvalue weighted by atomic mass is 79.9. The molecule has 0 radical (unpaired) electrons. The molecule has 0 aliphatic carbocycles. The molecule has 0 bridgehead atoms. The van der Waals surface area contributed by atoms with Gasteiger partial charge in [-0.1, -0.05) is 18.2 Å². The second-order valence-corrected chi connectivity index (χ2v) is 7.67. The third-order valence-electron chi connectivity index (χ3n) is 2.09. The monoisotopic (exact) mass is 405 g/mol. The van der Waals surface area contributed by atoms with E-state index < -0.39 is 15.6 Å². The number of hydrogen-bond acceptors (Lipinski definition) is 6. The van der Waals surface area contributed by atoms with Gasteiger partial charge in [0.15, 0.2) is 0 Å². The Kier molecular flexibility index (Phi) is 4.94. The molecule has 2 unspecified atom stereocenters. The van der Waals surface area contributed by atoms with Crippen molar-refractivity contribution in [1.82, 2.24) is 4.98 Å². The van der Waals surface area contributed by atoms with Gasteiger partial charge in [-0.25, -0.2) is 12.7 Å². The van der Waals surface area contributed by atoms with Crippen LogP contribution in [0.25, 0.3) is 10.9 Å². The van der Waals surface area contributed by atoms with Crippen LogP contribution >= 0.6 is 43.8 Å². The lowest BCUT2D eigenvalue weighted by molar-refractivity contribution is 0.251. The fraction of sp³-hybridized carbons (Fsp3) is 0. The zero-order valence-corrected chi connectivity index (χ0v) is 13.6. The molecule has 110 valence electrons. The summed E-state index contributed by atoms with van der Waals surface area (Å²) in [6.45, 7) is 0. The predicted molar refractivity (Wildman–Crippen MR) is 74.4 cm³/mol. The minimum atomic E-state index is -4.68. The molecule has 0 saturated heterocycles. The van der Waals surface area contributed by atoms with Crippen molar-refractivity contribution in [2.45, 2.75) is 0 Å². The van der Waals surface area contributed by atoms with Crippen molar-refractivity contribution in [1.29, 1.82) is 0 Å². The molecule has 8 nitrogen and oxygen atoms in total. The molecular formula is C8H7BrClNO7P2. The van der Waals surface area contributed by atoms with Crippen LogP contribution in [0.5, 0.6) is 5.88 Å². The number of benzene rings is 1. The zero-order chi connectivity index (χ0) is 14.8. The molecule has 0 spiro atoms. The highest BCUT2D eigenvalue weighted by Gasteiger charge is 2.40. The van der Waals surface area contributed by atoms with Crippen LogP contribution in [0.1, 0.15) is 0 Å². The fourth-order valence-corrected chi connectivity index (χ4v) is 3.90. The van der Waals surface area contributed by atoms with Crippen LogP contribution in [0.3, 0.4) is 0 Å². The van der Waals surface area contributed by atoms with Crippen molar-refractivity contribution in [3.05, 3.63) is 30.3 Å². The van der Waals surface area contributed by atoms with E-state index in [0.29, 0.717) is 5.52 Å². The molecule has 2 aromatic rings. The largest absolute Gasteiger partial charge is 0.557 e. The number of para-hydroxylation sites is 1. The molecular weight excluding hydrogens is 399 g/mol. The first-order valence-electron chi connectivity index (χ1n) is 4.90. The predicted octanol–water partition coefficient (Wildman–Crippen LogP) is 4.27. The first-order chi connectivity index (χ1) is 9.37. The van der Waals surface area contributed by atoms with Crippen molar-refractivity contribution in [2.75, 3.05) is 0 Å². The Morgan fingerprint density at radius 1 is 1.30 bits per heavy atom. The number of nitrogens with one attached hydrogen (secondary N) is 1. The van der Waals surface area contributed by atoms with Gasteiger partial charge in [0.25, 0.3) is 0 Å². The van der Waals surface area contributed by atoms with E-state index in [4.69, 9.17) is 21.3 Å². The van der Waals surface area contributed by atoms with Gasteiger partial charge < -0.3 is 14.4 Å². The number of halogens is 2. The maximum atomic E-state index is 12.0. The quantitative estimate of drug-likeness (QED) is 0.690. The van der Waals surface area contributed by atoms with Gasteiger partial charge in [-0.3, -0.25) is 0 Å². The SMILES string of the molecule is O=P(O)(OBr)OP(=O)(OCl)Oc1cc2ccccc2[nH]1. The molecule has 0 saturated carbocycles. The molecule has 2 rings (SSSR count). The van der Waals surface area contributed by atoms with E-state index in [1.165, 1.54) is 6.07 Å². The molecule has 20 heavy (non-hydrogen) atoms. The maximum Gasteiger partial charge on any atom is 0.557 e.